The van der Waals surface area contributed by atoms with Crippen LogP contribution in [0.25, 0.3) is 33.0 Å². The van der Waals surface area contributed by atoms with Crippen LogP contribution in [0, 0.1) is 46.7 Å². The van der Waals surface area contributed by atoms with Crippen molar-refractivity contribution >= 4 is 10.8 Å². The SMILES string of the molecule is CCCC1CCC(C(F)(F)Oc2ccc(-c3ccc(-c4cc(F)c5c(F)c(F)c(F)cc5c4)c(F)c3F)cc2)CC1. The van der Waals surface area contributed by atoms with E-state index < -0.39 is 57.9 Å². The van der Waals surface area contributed by atoms with Crippen LogP contribution in [0.1, 0.15) is 45.4 Å². The third-order valence-electron chi connectivity index (χ3n) is 7.86. The summed E-state index contributed by atoms with van der Waals surface area (Å²) < 4.78 is 121. The van der Waals surface area contributed by atoms with Gasteiger partial charge in [0.25, 0.3) is 0 Å². The first-order valence-corrected chi connectivity index (χ1v) is 13.4. The molecule has 0 aliphatic heterocycles. The molecule has 1 saturated carbocycles. The Balaban J connectivity index is 1.37. The second-order valence-corrected chi connectivity index (χ2v) is 10.5. The van der Waals surface area contributed by atoms with Crippen LogP contribution in [0.5, 0.6) is 5.75 Å². The molecular weight excluding hydrogens is 552 g/mol. The van der Waals surface area contributed by atoms with Crippen molar-refractivity contribution in [2.75, 3.05) is 0 Å². The largest absolute Gasteiger partial charge is 0.432 e. The zero-order chi connectivity index (χ0) is 29.5. The number of benzene rings is 4. The molecule has 0 N–H and O–H groups in total. The minimum Gasteiger partial charge on any atom is -0.432 e. The van der Waals surface area contributed by atoms with E-state index in [1.54, 1.807) is 0 Å². The second kappa shape index (κ2) is 11.3. The lowest BCUT2D eigenvalue weighted by Crippen LogP contribution is -2.37. The molecular formula is C32H26F8O. The lowest BCUT2D eigenvalue weighted by Gasteiger charge is -2.33. The van der Waals surface area contributed by atoms with Crippen LogP contribution in [0.15, 0.2) is 54.6 Å². The third-order valence-corrected chi connectivity index (χ3v) is 7.86. The summed E-state index contributed by atoms with van der Waals surface area (Å²) in [5.74, 6) is -9.63. The van der Waals surface area contributed by atoms with E-state index in [-0.39, 0.29) is 27.8 Å². The first-order chi connectivity index (χ1) is 19.5. The Morgan fingerprint density at radius 3 is 1.90 bits per heavy atom. The topological polar surface area (TPSA) is 9.23 Å². The quantitative estimate of drug-likeness (QED) is 0.157. The van der Waals surface area contributed by atoms with Gasteiger partial charge in [0.05, 0.1) is 11.3 Å². The van der Waals surface area contributed by atoms with E-state index in [1.165, 1.54) is 30.3 Å². The van der Waals surface area contributed by atoms with Crippen LogP contribution >= 0.6 is 0 Å². The van der Waals surface area contributed by atoms with Crippen LogP contribution in [-0.2, 0) is 0 Å². The van der Waals surface area contributed by atoms with E-state index in [0.717, 1.165) is 37.8 Å². The maximum Gasteiger partial charge on any atom is 0.400 e. The van der Waals surface area contributed by atoms with Gasteiger partial charge in [-0.15, -0.1) is 0 Å². The summed E-state index contributed by atoms with van der Waals surface area (Å²) in [6, 6.07) is 9.77. The molecule has 0 bridgehead atoms. The Hall–Kier alpha value is -3.62. The molecule has 0 atom stereocenters. The Labute approximate surface area is 231 Å². The summed E-state index contributed by atoms with van der Waals surface area (Å²) in [6.45, 7) is 2.07. The molecule has 0 spiro atoms. The van der Waals surface area contributed by atoms with E-state index in [1.807, 2.05) is 0 Å². The monoisotopic (exact) mass is 578 g/mol. The van der Waals surface area contributed by atoms with Crippen molar-refractivity contribution in [3.8, 4) is 28.0 Å². The van der Waals surface area contributed by atoms with Gasteiger partial charge in [0, 0.05) is 11.1 Å². The zero-order valence-electron chi connectivity index (χ0n) is 22.0. The van der Waals surface area contributed by atoms with Gasteiger partial charge in [-0.1, -0.05) is 44.0 Å². The predicted molar refractivity (Wildman–Crippen MR) is 140 cm³/mol. The molecule has 0 amide bonds. The smallest absolute Gasteiger partial charge is 0.400 e. The summed E-state index contributed by atoms with van der Waals surface area (Å²) in [4.78, 5) is 0. The van der Waals surface area contributed by atoms with Gasteiger partial charge in [-0.05, 0) is 78.4 Å². The third kappa shape index (κ3) is 5.63. The van der Waals surface area contributed by atoms with Gasteiger partial charge in [-0.3, -0.25) is 0 Å². The zero-order valence-corrected chi connectivity index (χ0v) is 22.0. The lowest BCUT2D eigenvalue weighted by atomic mass is 9.79. The highest BCUT2D eigenvalue weighted by Crippen LogP contribution is 2.42. The van der Waals surface area contributed by atoms with Crippen molar-refractivity contribution in [3.63, 3.8) is 0 Å². The molecule has 0 heterocycles. The van der Waals surface area contributed by atoms with E-state index in [2.05, 4.69) is 6.92 Å². The molecule has 4 aromatic rings. The summed E-state index contributed by atoms with van der Waals surface area (Å²) in [5.41, 5.74) is -0.643. The fraction of sp³-hybridized carbons (Fsp3) is 0.312. The molecule has 5 rings (SSSR count). The van der Waals surface area contributed by atoms with Crippen LogP contribution in [0.4, 0.5) is 35.1 Å². The number of ether oxygens (including phenoxy) is 1. The number of hydrogen-bond donors (Lipinski definition) is 0. The minimum absolute atomic E-state index is 0.116. The molecule has 0 radical (unpaired) electrons. The maximum atomic E-state index is 15.1. The molecule has 0 aromatic heterocycles. The average molecular weight is 579 g/mol. The first kappa shape index (κ1) is 28.9. The van der Waals surface area contributed by atoms with Gasteiger partial charge in [-0.2, -0.15) is 8.78 Å². The highest BCUT2D eigenvalue weighted by molar-refractivity contribution is 5.89. The van der Waals surface area contributed by atoms with E-state index in [0.29, 0.717) is 30.9 Å². The van der Waals surface area contributed by atoms with Crippen LogP contribution in [0.3, 0.4) is 0 Å². The molecule has 216 valence electrons. The van der Waals surface area contributed by atoms with E-state index >= 15 is 8.78 Å². The minimum atomic E-state index is -3.37. The second-order valence-electron chi connectivity index (χ2n) is 10.5. The Kier molecular flexibility index (Phi) is 7.99. The van der Waals surface area contributed by atoms with Crippen molar-refractivity contribution in [2.45, 2.75) is 51.6 Å². The maximum absolute atomic E-state index is 15.1. The predicted octanol–water partition coefficient (Wildman–Crippen LogP) is 10.6. The molecule has 4 aromatic carbocycles. The van der Waals surface area contributed by atoms with Crippen LogP contribution in [-0.4, -0.2) is 6.11 Å². The number of halogens is 8. The van der Waals surface area contributed by atoms with E-state index in [9.17, 15) is 26.3 Å². The summed E-state index contributed by atoms with van der Waals surface area (Å²) in [5, 5.41) is -1.19. The fourth-order valence-corrected chi connectivity index (χ4v) is 5.68. The lowest BCUT2D eigenvalue weighted by molar-refractivity contribution is -0.223. The molecule has 1 fully saturated rings. The van der Waals surface area contributed by atoms with Gasteiger partial charge in [0.2, 0.25) is 0 Å². The number of rotatable bonds is 7. The summed E-state index contributed by atoms with van der Waals surface area (Å²) >= 11 is 0. The van der Waals surface area contributed by atoms with Crippen molar-refractivity contribution in [2.24, 2.45) is 11.8 Å². The van der Waals surface area contributed by atoms with E-state index in [4.69, 9.17) is 4.74 Å². The fourth-order valence-electron chi connectivity index (χ4n) is 5.68. The van der Waals surface area contributed by atoms with Crippen molar-refractivity contribution in [1.82, 2.24) is 0 Å². The Morgan fingerprint density at radius 1 is 0.683 bits per heavy atom. The first-order valence-electron chi connectivity index (χ1n) is 13.4. The normalized spacial score (nSPS) is 17.7. The van der Waals surface area contributed by atoms with Gasteiger partial charge >= 0.3 is 6.11 Å². The van der Waals surface area contributed by atoms with Crippen LogP contribution in [0.2, 0.25) is 0 Å². The number of fused-ring (bicyclic) bond motifs is 1. The molecule has 0 saturated heterocycles. The molecule has 0 unspecified atom stereocenters. The van der Waals surface area contributed by atoms with Gasteiger partial charge in [-0.25, -0.2) is 26.3 Å². The molecule has 1 aliphatic carbocycles. The highest BCUT2D eigenvalue weighted by Gasteiger charge is 2.43. The molecule has 1 aliphatic rings. The van der Waals surface area contributed by atoms with Crippen LogP contribution < -0.4 is 4.74 Å². The summed E-state index contributed by atoms with van der Waals surface area (Å²) in [6.07, 6.45) is 0.881. The van der Waals surface area contributed by atoms with Gasteiger partial charge in [0.1, 0.15) is 11.6 Å². The average Bonchev–Trinajstić information content (AvgIpc) is 2.94. The van der Waals surface area contributed by atoms with Crippen molar-refractivity contribution in [1.29, 1.82) is 0 Å². The molecule has 9 heteroatoms. The van der Waals surface area contributed by atoms with Gasteiger partial charge in [0.15, 0.2) is 29.1 Å². The molecule has 41 heavy (non-hydrogen) atoms. The standard InChI is InChI=1S/C32H26F8O/c1-2-3-17-4-8-21(9-5-17)32(39,40)41-22-10-6-18(7-11-22)23-12-13-24(29(36)28(23)35)19-14-20-16-26(34)30(37)31(38)27(20)25(33)15-19/h6-7,10-17,21H,2-5,8-9H2,1H3. The van der Waals surface area contributed by atoms with Crippen molar-refractivity contribution in [3.05, 3.63) is 89.5 Å². The number of alkyl halides is 2. The highest BCUT2D eigenvalue weighted by atomic mass is 19.3. The van der Waals surface area contributed by atoms with Gasteiger partial charge < -0.3 is 4.74 Å². The summed E-state index contributed by atoms with van der Waals surface area (Å²) in [7, 11) is 0. The number of hydrogen-bond acceptors (Lipinski definition) is 1. The van der Waals surface area contributed by atoms with Crippen molar-refractivity contribution < 1.29 is 39.9 Å². The molecule has 1 nitrogen and oxygen atoms in total. The Bertz CT molecular complexity index is 1570. The Morgan fingerprint density at radius 2 is 1.29 bits per heavy atom.